The van der Waals surface area contributed by atoms with Gasteiger partial charge in [-0.05, 0) is 23.8 Å². The van der Waals surface area contributed by atoms with Gasteiger partial charge >= 0.3 is 0 Å². The summed E-state index contributed by atoms with van der Waals surface area (Å²) in [4.78, 5) is 9.83. The Bertz CT molecular complexity index is 279. The number of benzene rings is 1. The van der Waals surface area contributed by atoms with Crippen molar-refractivity contribution in [1.82, 2.24) is 5.32 Å². The van der Waals surface area contributed by atoms with E-state index in [9.17, 15) is 9.18 Å². The molecule has 0 atom stereocenters. The van der Waals surface area contributed by atoms with Crippen molar-refractivity contribution in [3.05, 3.63) is 41.8 Å². The minimum atomic E-state index is -0.268. The van der Waals surface area contributed by atoms with E-state index in [2.05, 4.69) is 5.32 Å². The molecule has 3 heteroatoms. The number of rotatable bonds is 3. The molecule has 0 unspecified atom stereocenters. The molecule has 0 saturated carbocycles. The third-order valence-electron chi connectivity index (χ3n) is 1.31. The van der Waals surface area contributed by atoms with E-state index in [1.165, 1.54) is 18.3 Å². The molecular weight excluding hydrogens is 157 g/mol. The van der Waals surface area contributed by atoms with Crippen LogP contribution in [-0.2, 0) is 4.79 Å². The maximum absolute atomic E-state index is 12.4. The molecule has 1 aromatic carbocycles. The Hall–Kier alpha value is -1.64. The van der Waals surface area contributed by atoms with Gasteiger partial charge in [0.25, 0.3) is 0 Å². The first-order valence-electron chi connectivity index (χ1n) is 3.45. The largest absolute Gasteiger partial charge is 0.335 e. The monoisotopic (exact) mass is 165 g/mol. The van der Waals surface area contributed by atoms with Crippen molar-refractivity contribution in [1.29, 1.82) is 0 Å². The predicted octanol–water partition coefficient (Wildman–Crippen LogP) is 1.54. The Balaban J connectivity index is 2.64. The van der Waals surface area contributed by atoms with Crippen molar-refractivity contribution in [2.24, 2.45) is 0 Å². The van der Waals surface area contributed by atoms with E-state index in [1.54, 1.807) is 18.2 Å². The Morgan fingerprint density at radius 3 is 2.50 bits per heavy atom. The lowest BCUT2D eigenvalue weighted by Crippen LogP contribution is -1.97. The van der Waals surface area contributed by atoms with E-state index in [4.69, 9.17) is 0 Å². The van der Waals surface area contributed by atoms with Gasteiger partial charge in [0.05, 0.1) is 0 Å². The summed E-state index contributed by atoms with van der Waals surface area (Å²) in [6.07, 6.45) is 3.73. The summed E-state index contributed by atoms with van der Waals surface area (Å²) in [6, 6.07) is 5.97. The topological polar surface area (TPSA) is 29.1 Å². The molecule has 0 heterocycles. The predicted molar refractivity (Wildman–Crippen MR) is 44.6 cm³/mol. The van der Waals surface area contributed by atoms with E-state index in [1.807, 2.05) is 0 Å². The molecule has 0 fully saturated rings. The fourth-order valence-electron chi connectivity index (χ4n) is 0.758. The number of hydrogen-bond acceptors (Lipinski definition) is 1. The van der Waals surface area contributed by atoms with Gasteiger partial charge in [0.2, 0.25) is 6.41 Å². The molecule has 1 aromatic rings. The van der Waals surface area contributed by atoms with Gasteiger partial charge in [-0.3, -0.25) is 4.79 Å². The summed E-state index contributed by atoms with van der Waals surface area (Å²) in [6.45, 7) is 0. The summed E-state index contributed by atoms with van der Waals surface area (Å²) in [5.41, 5.74) is 0.839. The summed E-state index contributed by atoms with van der Waals surface area (Å²) in [7, 11) is 0. The summed E-state index contributed by atoms with van der Waals surface area (Å²) in [5.74, 6) is -0.268. The van der Waals surface area contributed by atoms with Crippen LogP contribution in [0.3, 0.4) is 0 Å². The SMILES string of the molecule is O=CNC=Cc1ccc(F)cc1. The van der Waals surface area contributed by atoms with Gasteiger partial charge in [0, 0.05) is 6.20 Å². The van der Waals surface area contributed by atoms with Gasteiger partial charge in [-0.25, -0.2) is 4.39 Å². The first-order chi connectivity index (χ1) is 5.83. The Morgan fingerprint density at radius 2 is 1.92 bits per heavy atom. The van der Waals surface area contributed by atoms with Crippen LogP contribution in [0.5, 0.6) is 0 Å². The van der Waals surface area contributed by atoms with E-state index in [0.29, 0.717) is 6.41 Å². The fraction of sp³-hybridized carbons (Fsp3) is 0. The highest BCUT2D eigenvalue weighted by atomic mass is 19.1. The Morgan fingerprint density at radius 1 is 1.25 bits per heavy atom. The van der Waals surface area contributed by atoms with Crippen molar-refractivity contribution >= 4 is 12.5 Å². The van der Waals surface area contributed by atoms with Crippen LogP contribution in [0.2, 0.25) is 0 Å². The van der Waals surface area contributed by atoms with Crippen LogP contribution in [0.15, 0.2) is 30.5 Å². The highest BCUT2D eigenvalue weighted by Gasteiger charge is 1.87. The lowest BCUT2D eigenvalue weighted by Gasteiger charge is -1.91. The molecule has 1 amide bonds. The van der Waals surface area contributed by atoms with Crippen LogP contribution in [-0.4, -0.2) is 6.41 Å². The van der Waals surface area contributed by atoms with Gasteiger partial charge in [0.1, 0.15) is 5.82 Å². The molecule has 0 spiro atoms. The van der Waals surface area contributed by atoms with Crippen LogP contribution >= 0.6 is 0 Å². The molecule has 0 radical (unpaired) electrons. The second-order valence-corrected chi connectivity index (χ2v) is 2.17. The first kappa shape index (κ1) is 8.46. The highest BCUT2D eigenvalue weighted by molar-refractivity contribution is 5.54. The molecule has 0 saturated heterocycles. The van der Waals surface area contributed by atoms with Crippen molar-refractivity contribution in [2.75, 3.05) is 0 Å². The molecule has 12 heavy (non-hydrogen) atoms. The zero-order chi connectivity index (χ0) is 8.81. The zero-order valence-electron chi connectivity index (χ0n) is 6.33. The number of nitrogens with one attached hydrogen (secondary N) is 1. The molecule has 0 aliphatic rings. The minimum Gasteiger partial charge on any atom is -0.335 e. The van der Waals surface area contributed by atoms with E-state index >= 15 is 0 Å². The number of carbonyl (C=O) groups is 1. The molecule has 2 nitrogen and oxygen atoms in total. The maximum Gasteiger partial charge on any atom is 0.211 e. The van der Waals surface area contributed by atoms with Gasteiger partial charge in [0.15, 0.2) is 0 Å². The molecule has 1 rings (SSSR count). The third-order valence-corrected chi connectivity index (χ3v) is 1.31. The maximum atomic E-state index is 12.4. The van der Waals surface area contributed by atoms with E-state index < -0.39 is 0 Å². The standard InChI is InChI=1S/C9H8FNO/c10-9-3-1-8(2-4-9)5-6-11-7-12/h1-7H,(H,11,12). The summed E-state index contributed by atoms with van der Waals surface area (Å²) in [5, 5.41) is 2.36. The fourth-order valence-corrected chi connectivity index (χ4v) is 0.758. The lowest BCUT2D eigenvalue weighted by molar-refractivity contribution is -0.108. The Kier molecular flexibility index (Phi) is 3.02. The second kappa shape index (κ2) is 4.28. The number of amides is 1. The van der Waals surface area contributed by atoms with Gasteiger partial charge in [-0.15, -0.1) is 0 Å². The van der Waals surface area contributed by atoms with Crippen molar-refractivity contribution in [2.45, 2.75) is 0 Å². The molecule has 0 bridgehead atoms. The van der Waals surface area contributed by atoms with Crippen LogP contribution in [0.4, 0.5) is 4.39 Å². The van der Waals surface area contributed by atoms with Crippen LogP contribution in [0.25, 0.3) is 6.08 Å². The normalized spacial score (nSPS) is 10.1. The van der Waals surface area contributed by atoms with Crippen molar-refractivity contribution < 1.29 is 9.18 Å². The minimum absolute atomic E-state index is 0.268. The summed E-state index contributed by atoms with van der Waals surface area (Å²) >= 11 is 0. The highest BCUT2D eigenvalue weighted by Crippen LogP contribution is 2.03. The number of carbonyl (C=O) groups excluding carboxylic acids is 1. The molecule has 0 aliphatic heterocycles. The average molecular weight is 165 g/mol. The van der Waals surface area contributed by atoms with Gasteiger partial charge < -0.3 is 5.32 Å². The van der Waals surface area contributed by atoms with Crippen molar-refractivity contribution in [3.63, 3.8) is 0 Å². The molecule has 1 N–H and O–H groups in total. The average Bonchev–Trinajstić information content (AvgIpc) is 2.09. The van der Waals surface area contributed by atoms with E-state index in [0.717, 1.165) is 5.56 Å². The van der Waals surface area contributed by atoms with Crippen LogP contribution in [0, 0.1) is 5.82 Å². The molecule has 0 aliphatic carbocycles. The molecule has 62 valence electrons. The summed E-state index contributed by atoms with van der Waals surface area (Å²) < 4.78 is 12.4. The van der Waals surface area contributed by atoms with Crippen molar-refractivity contribution in [3.8, 4) is 0 Å². The van der Waals surface area contributed by atoms with E-state index in [-0.39, 0.29) is 5.82 Å². The van der Waals surface area contributed by atoms with Crippen LogP contribution in [0.1, 0.15) is 5.56 Å². The third kappa shape index (κ3) is 2.54. The number of halogens is 1. The smallest absolute Gasteiger partial charge is 0.211 e. The van der Waals surface area contributed by atoms with Gasteiger partial charge in [-0.2, -0.15) is 0 Å². The second-order valence-electron chi connectivity index (χ2n) is 2.17. The first-order valence-corrected chi connectivity index (χ1v) is 3.45. The zero-order valence-corrected chi connectivity index (χ0v) is 6.33. The Labute approximate surface area is 69.7 Å². The lowest BCUT2D eigenvalue weighted by atomic mass is 10.2. The van der Waals surface area contributed by atoms with Crippen LogP contribution < -0.4 is 5.32 Å². The quantitative estimate of drug-likeness (QED) is 0.676. The molecule has 0 aromatic heterocycles. The number of hydrogen-bond donors (Lipinski definition) is 1. The molecular formula is C9H8FNO. The van der Waals surface area contributed by atoms with Gasteiger partial charge in [-0.1, -0.05) is 12.1 Å².